The fraction of sp³-hybridized carbons (Fsp3) is 0.727. The molecule has 0 aromatic rings. The van der Waals surface area contributed by atoms with Gasteiger partial charge >= 0.3 is 5.97 Å². The van der Waals surface area contributed by atoms with E-state index in [2.05, 4.69) is 6.08 Å². The van der Waals surface area contributed by atoms with E-state index in [9.17, 15) is 15.0 Å². The monoisotopic (exact) mass is 196 g/mol. The molecule has 3 heteroatoms. The zero-order valence-electron chi connectivity index (χ0n) is 8.31. The average molecular weight is 196 g/mol. The van der Waals surface area contributed by atoms with Crippen molar-refractivity contribution < 1.29 is 15.0 Å². The Balaban J connectivity index is 2.41. The average Bonchev–Trinajstić information content (AvgIpc) is 2.74. The molecule has 4 unspecified atom stereocenters. The van der Waals surface area contributed by atoms with Crippen molar-refractivity contribution in [2.45, 2.75) is 19.8 Å². The molecule has 2 aliphatic rings. The van der Waals surface area contributed by atoms with Crippen molar-refractivity contribution in [1.82, 2.24) is 0 Å². The first-order valence-electron chi connectivity index (χ1n) is 5.19. The van der Waals surface area contributed by atoms with Crippen LogP contribution >= 0.6 is 0 Å². The van der Waals surface area contributed by atoms with Crippen LogP contribution in [0.3, 0.4) is 0 Å². The van der Waals surface area contributed by atoms with Gasteiger partial charge in [0.15, 0.2) is 0 Å². The Bertz CT molecular complexity index is 284. The summed E-state index contributed by atoms with van der Waals surface area (Å²) in [5.41, 5.74) is -0.700. The summed E-state index contributed by atoms with van der Waals surface area (Å²) in [5, 5.41) is 18.6. The molecular formula is C11H16O3. The SMILES string of the molecule is CCC1(C(=O)O)C2C=CC(C2)C1CO. The number of carbonyl (C=O) groups is 1. The normalized spacial score (nSPS) is 44.6. The molecule has 0 heterocycles. The largest absolute Gasteiger partial charge is 0.481 e. The topological polar surface area (TPSA) is 57.5 Å². The number of allylic oxidation sites excluding steroid dienone is 2. The molecule has 1 fully saturated rings. The molecular weight excluding hydrogens is 180 g/mol. The van der Waals surface area contributed by atoms with E-state index in [1.807, 2.05) is 13.0 Å². The second-order valence-electron chi connectivity index (χ2n) is 4.38. The third kappa shape index (κ3) is 0.934. The Hall–Kier alpha value is -0.830. The molecule has 0 radical (unpaired) electrons. The Morgan fingerprint density at radius 2 is 2.29 bits per heavy atom. The summed E-state index contributed by atoms with van der Waals surface area (Å²) in [6.07, 6.45) is 5.61. The Morgan fingerprint density at radius 1 is 1.57 bits per heavy atom. The Kier molecular flexibility index (Phi) is 2.14. The van der Waals surface area contributed by atoms with Gasteiger partial charge in [0.05, 0.1) is 5.41 Å². The molecule has 0 aromatic heterocycles. The van der Waals surface area contributed by atoms with Crippen LogP contribution in [0.2, 0.25) is 0 Å². The van der Waals surface area contributed by atoms with Gasteiger partial charge in [-0.2, -0.15) is 0 Å². The zero-order valence-corrected chi connectivity index (χ0v) is 8.31. The maximum Gasteiger partial charge on any atom is 0.310 e. The van der Waals surface area contributed by atoms with Crippen LogP contribution in [0.1, 0.15) is 19.8 Å². The Morgan fingerprint density at radius 3 is 2.71 bits per heavy atom. The minimum atomic E-state index is -0.740. The molecule has 14 heavy (non-hydrogen) atoms. The molecule has 3 nitrogen and oxygen atoms in total. The lowest BCUT2D eigenvalue weighted by Crippen LogP contribution is -2.43. The molecule has 2 bridgehead atoms. The van der Waals surface area contributed by atoms with Crippen LogP contribution in [-0.4, -0.2) is 22.8 Å². The van der Waals surface area contributed by atoms with Crippen molar-refractivity contribution in [2.24, 2.45) is 23.2 Å². The van der Waals surface area contributed by atoms with Gasteiger partial charge in [0.25, 0.3) is 0 Å². The standard InChI is InChI=1S/C11H16O3/c1-2-11(10(13)14)8-4-3-7(5-8)9(11)6-12/h3-4,7-9,12H,2,5-6H2,1H3,(H,13,14). The van der Waals surface area contributed by atoms with E-state index in [0.29, 0.717) is 6.42 Å². The molecule has 2 aliphatic carbocycles. The lowest BCUT2D eigenvalue weighted by molar-refractivity contribution is -0.155. The zero-order chi connectivity index (χ0) is 10.3. The van der Waals surface area contributed by atoms with E-state index in [1.54, 1.807) is 0 Å². The number of hydrogen-bond acceptors (Lipinski definition) is 2. The summed E-state index contributed by atoms with van der Waals surface area (Å²) in [5.74, 6) is -0.413. The number of fused-ring (bicyclic) bond motifs is 2. The summed E-state index contributed by atoms with van der Waals surface area (Å²) in [7, 11) is 0. The van der Waals surface area contributed by atoms with Crippen LogP contribution in [0.4, 0.5) is 0 Å². The highest BCUT2D eigenvalue weighted by Crippen LogP contribution is 2.57. The first kappa shape index (κ1) is 9.71. The second-order valence-corrected chi connectivity index (χ2v) is 4.38. The van der Waals surface area contributed by atoms with E-state index >= 15 is 0 Å². The first-order chi connectivity index (χ1) is 6.66. The summed E-state index contributed by atoms with van der Waals surface area (Å²) in [4.78, 5) is 11.4. The van der Waals surface area contributed by atoms with Gasteiger partial charge in [-0.1, -0.05) is 19.1 Å². The lowest BCUT2D eigenvalue weighted by atomic mass is 9.67. The van der Waals surface area contributed by atoms with E-state index in [1.165, 1.54) is 0 Å². The molecule has 0 saturated heterocycles. The van der Waals surface area contributed by atoms with Gasteiger partial charge < -0.3 is 10.2 Å². The van der Waals surface area contributed by atoms with Crippen molar-refractivity contribution in [3.8, 4) is 0 Å². The number of rotatable bonds is 3. The third-order valence-corrected chi connectivity index (χ3v) is 4.14. The van der Waals surface area contributed by atoms with Crippen LogP contribution in [0.25, 0.3) is 0 Å². The molecule has 0 aromatic carbocycles. The molecule has 2 N–H and O–H groups in total. The van der Waals surface area contributed by atoms with Crippen molar-refractivity contribution in [1.29, 1.82) is 0 Å². The van der Waals surface area contributed by atoms with Crippen molar-refractivity contribution >= 4 is 5.97 Å². The predicted molar refractivity (Wildman–Crippen MR) is 51.7 cm³/mol. The van der Waals surface area contributed by atoms with Gasteiger partial charge in [-0.25, -0.2) is 0 Å². The number of hydrogen-bond donors (Lipinski definition) is 2. The first-order valence-corrected chi connectivity index (χ1v) is 5.19. The van der Waals surface area contributed by atoms with Crippen LogP contribution < -0.4 is 0 Å². The number of aliphatic hydroxyl groups is 1. The summed E-state index contributed by atoms with van der Waals surface area (Å²) < 4.78 is 0. The van der Waals surface area contributed by atoms with E-state index < -0.39 is 11.4 Å². The van der Waals surface area contributed by atoms with Crippen LogP contribution in [-0.2, 0) is 4.79 Å². The van der Waals surface area contributed by atoms with E-state index in [0.717, 1.165) is 6.42 Å². The molecule has 1 saturated carbocycles. The van der Waals surface area contributed by atoms with Crippen molar-refractivity contribution in [3.63, 3.8) is 0 Å². The molecule has 4 atom stereocenters. The fourth-order valence-electron chi connectivity index (χ4n) is 3.36. The van der Waals surface area contributed by atoms with E-state index in [4.69, 9.17) is 0 Å². The molecule has 0 amide bonds. The third-order valence-electron chi connectivity index (χ3n) is 4.14. The van der Waals surface area contributed by atoms with Gasteiger partial charge in [-0.15, -0.1) is 0 Å². The van der Waals surface area contributed by atoms with Crippen LogP contribution in [0, 0.1) is 23.2 Å². The highest BCUT2D eigenvalue weighted by Gasteiger charge is 2.59. The van der Waals surface area contributed by atoms with Gasteiger partial charge in [0.1, 0.15) is 0 Å². The predicted octanol–water partition coefficient (Wildman–Crippen LogP) is 1.28. The van der Waals surface area contributed by atoms with Gasteiger partial charge in [0.2, 0.25) is 0 Å². The molecule has 78 valence electrons. The minimum absolute atomic E-state index is 0.00829. The highest BCUT2D eigenvalue weighted by atomic mass is 16.4. The Labute approximate surface area is 83.4 Å². The lowest BCUT2D eigenvalue weighted by Gasteiger charge is -2.36. The number of aliphatic carboxylic acids is 1. The van der Waals surface area contributed by atoms with Gasteiger partial charge in [0, 0.05) is 12.5 Å². The van der Waals surface area contributed by atoms with Crippen LogP contribution in [0.15, 0.2) is 12.2 Å². The second kappa shape index (κ2) is 3.09. The maximum atomic E-state index is 11.4. The van der Waals surface area contributed by atoms with Gasteiger partial charge in [-0.05, 0) is 24.7 Å². The van der Waals surface area contributed by atoms with Crippen molar-refractivity contribution in [2.75, 3.05) is 6.61 Å². The maximum absolute atomic E-state index is 11.4. The summed E-state index contributed by atoms with van der Waals surface area (Å²) in [6, 6.07) is 0. The summed E-state index contributed by atoms with van der Waals surface area (Å²) >= 11 is 0. The molecule has 0 aliphatic heterocycles. The fourth-order valence-corrected chi connectivity index (χ4v) is 3.36. The number of aliphatic hydroxyl groups excluding tert-OH is 1. The number of carboxylic acids is 1. The smallest absolute Gasteiger partial charge is 0.310 e. The molecule has 2 rings (SSSR count). The van der Waals surface area contributed by atoms with Crippen molar-refractivity contribution in [3.05, 3.63) is 12.2 Å². The summed E-state index contributed by atoms with van der Waals surface area (Å²) in [6.45, 7) is 1.90. The van der Waals surface area contributed by atoms with Crippen LogP contribution in [0.5, 0.6) is 0 Å². The van der Waals surface area contributed by atoms with Gasteiger partial charge in [-0.3, -0.25) is 4.79 Å². The molecule has 0 spiro atoms. The minimum Gasteiger partial charge on any atom is -0.481 e. The van der Waals surface area contributed by atoms with E-state index in [-0.39, 0.29) is 24.4 Å². The quantitative estimate of drug-likeness (QED) is 0.668. The number of carboxylic acid groups (broad SMARTS) is 1. The highest BCUT2D eigenvalue weighted by molar-refractivity contribution is 5.77.